The van der Waals surface area contributed by atoms with Crippen LogP contribution in [0.3, 0.4) is 0 Å². The molecule has 5 rings (SSSR count). The van der Waals surface area contributed by atoms with Gasteiger partial charge in [0.25, 0.3) is 5.91 Å². The Balaban J connectivity index is 0.000000327. The fourth-order valence-electron chi connectivity index (χ4n) is 4.51. The van der Waals surface area contributed by atoms with E-state index in [1.807, 2.05) is 56.3 Å². The van der Waals surface area contributed by atoms with Crippen LogP contribution in [-0.2, 0) is 20.1 Å². The van der Waals surface area contributed by atoms with E-state index in [4.69, 9.17) is 0 Å². The fourth-order valence-corrected chi connectivity index (χ4v) is 4.51. The van der Waals surface area contributed by atoms with Crippen molar-refractivity contribution in [3.05, 3.63) is 137 Å². The number of nitrogens with zero attached hydrogens (tertiary/aromatic N) is 3. The van der Waals surface area contributed by atoms with Gasteiger partial charge in [0, 0.05) is 31.7 Å². The van der Waals surface area contributed by atoms with Crippen LogP contribution in [0.15, 0.2) is 104 Å². The third kappa shape index (κ3) is 15.4. The SMILES string of the molecule is CCN(CC)C(=O)c1cccnc1.Cc1c(C)c(C)[c-](-c2ccccc2)c1C.F[P-](F)(F)(F)(F)F.[Ir+3].[c-]1ccccc1-c1ccccn1. The molecule has 2 heterocycles. The molecule has 3 aromatic carbocycles. The topological polar surface area (TPSA) is 46.1 Å². The molecule has 0 saturated heterocycles. The van der Waals surface area contributed by atoms with Gasteiger partial charge in [-0.3, -0.25) is 9.78 Å². The van der Waals surface area contributed by atoms with E-state index in [2.05, 4.69) is 74.1 Å². The average molecular weight is 867 g/mol. The second-order valence-electron chi connectivity index (χ2n) is 10.4. The van der Waals surface area contributed by atoms with Crippen molar-refractivity contribution in [3.8, 4) is 22.4 Å². The Labute approximate surface area is 292 Å². The molecular weight excluding hydrogens is 828 g/mol. The summed E-state index contributed by atoms with van der Waals surface area (Å²) in [4.78, 5) is 21.6. The second kappa shape index (κ2) is 17.6. The number of benzene rings is 2. The first kappa shape index (κ1) is 42.2. The molecule has 4 nitrogen and oxygen atoms in total. The van der Waals surface area contributed by atoms with Crippen LogP contribution >= 0.6 is 7.81 Å². The van der Waals surface area contributed by atoms with Crippen molar-refractivity contribution < 1.29 is 50.1 Å². The summed E-state index contributed by atoms with van der Waals surface area (Å²) in [6.45, 7) is 14.3. The summed E-state index contributed by atoms with van der Waals surface area (Å²) in [6.07, 6.45) is 5.05. The number of carbonyl (C=O) groups is 1. The molecule has 2 aromatic heterocycles. The molecule has 0 aliphatic heterocycles. The van der Waals surface area contributed by atoms with Crippen LogP contribution in [0.1, 0.15) is 46.5 Å². The van der Waals surface area contributed by atoms with E-state index in [1.165, 1.54) is 33.4 Å². The Hall–Kier alpha value is -3.78. The molecule has 0 atom stereocenters. The zero-order valence-electron chi connectivity index (χ0n) is 27.5. The van der Waals surface area contributed by atoms with Gasteiger partial charge in [-0.2, -0.15) is 0 Å². The van der Waals surface area contributed by atoms with E-state index in [0.717, 1.165) is 24.3 Å². The summed E-state index contributed by atoms with van der Waals surface area (Å²) < 4.78 is 59.2. The van der Waals surface area contributed by atoms with Gasteiger partial charge in [-0.1, -0.05) is 63.6 Å². The van der Waals surface area contributed by atoms with Crippen LogP contribution in [-0.4, -0.2) is 33.9 Å². The van der Waals surface area contributed by atoms with Gasteiger partial charge in [-0.25, -0.2) is 0 Å². The molecule has 12 heteroatoms. The van der Waals surface area contributed by atoms with Gasteiger partial charge in [-0.15, -0.1) is 75.8 Å². The van der Waals surface area contributed by atoms with Gasteiger partial charge < -0.3 is 9.88 Å². The Kier molecular flexibility index (Phi) is 15.5. The number of pyridine rings is 2. The number of aromatic nitrogens is 2. The molecule has 0 unspecified atom stereocenters. The van der Waals surface area contributed by atoms with Crippen molar-refractivity contribution in [3.63, 3.8) is 0 Å². The van der Waals surface area contributed by atoms with Gasteiger partial charge in [0.1, 0.15) is 0 Å². The Bertz CT molecular complexity index is 1610. The van der Waals surface area contributed by atoms with Crippen LogP contribution < -0.4 is 0 Å². The summed E-state index contributed by atoms with van der Waals surface area (Å²) in [5.41, 5.74) is 11.2. The van der Waals surface area contributed by atoms with E-state index in [1.54, 1.807) is 35.6 Å². The maximum Gasteiger partial charge on any atom is 3.00 e. The number of carbonyl (C=O) groups excluding carboxylic acids is 1. The van der Waals surface area contributed by atoms with Crippen LogP contribution in [0.25, 0.3) is 22.4 Å². The Morgan fingerprint density at radius 3 is 1.73 bits per heavy atom. The minimum atomic E-state index is -10.7. The molecule has 0 aliphatic carbocycles. The summed E-state index contributed by atoms with van der Waals surface area (Å²) in [6, 6.07) is 31.0. The molecule has 0 aliphatic rings. The molecule has 1 amide bonds. The minimum Gasteiger partial charge on any atom is -0.305 e. The van der Waals surface area contributed by atoms with Crippen molar-refractivity contribution in [2.45, 2.75) is 41.5 Å². The summed E-state index contributed by atoms with van der Waals surface area (Å²) in [5, 5.41) is 0. The van der Waals surface area contributed by atoms with Crippen molar-refractivity contribution in [2.24, 2.45) is 0 Å². The summed E-state index contributed by atoms with van der Waals surface area (Å²) in [5.74, 6) is 0.0538. The summed E-state index contributed by atoms with van der Waals surface area (Å²) in [7, 11) is -10.7. The van der Waals surface area contributed by atoms with Gasteiger partial charge in [0.05, 0.1) is 5.56 Å². The molecule has 48 heavy (non-hydrogen) atoms. The number of rotatable bonds is 5. The Morgan fingerprint density at radius 1 is 0.750 bits per heavy atom. The molecule has 5 aromatic rings. The van der Waals surface area contributed by atoms with Gasteiger partial charge in [-0.05, 0) is 37.7 Å². The van der Waals surface area contributed by atoms with E-state index in [0.29, 0.717) is 5.56 Å². The van der Waals surface area contributed by atoms with E-state index in [-0.39, 0.29) is 26.0 Å². The zero-order chi connectivity index (χ0) is 35.3. The average Bonchev–Trinajstić information content (AvgIpc) is 3.24. The van der Waals surface area contributed by atoms with Crippen LogP contribution in [0, 0.1) is 33.8 Å². The molecule has 0 saturated carbocycles. The molecule has 0 bridgehead atoms. The molecule has 0 radical (unpaired) electrons. The molecule has 260 valence electrons. The minimum absolute atomic E-state index is 0. The third-order valence-corrected chi connectivity index (χ3v) is 7.11. The van der Waals surface area contributed by atoms with Crippen molar-refractivity contribution >= 4 is 13.7 Å². The number of amides is 1. The van der Waals surface area contributed by atoms with Crippen molar-refractivity contribution in [1.82, 2.24) is 14.9 Å². The third-order valence-electron chi connectivity index (χ3n) is 7.11. The molecule has 0 fully saturated rings. The first-order chi connectivity index (χ1) is 21.8. The predicted molar refractivity (Wildman–Crippen MR) is 180 cm³/mol. The monoisotopic (exact) mass is 867 g/mol. The van der Waals surface area contributed by atoms with Crippen LogP contribution in [0.4, 0.5) is 25.2 Å². The van der Waals surface area contributed by atoms with E-state index < -0.39 is 7.81 Å². The maximum absolute atomic E-state index is 11.7. The molecule has 0 spiro atoms. The number of hydrogen-bond acceptors (Lipinski definition) is 3. The standard InChI is InChI=1S/C15H17.C11H8N.C10H14N2O.F6P.Ir/c1-10-11(2)13(4)15(12(10)3)14-8-6-5-7-9-14;1-2-6-10(7-3-1)11-8-4-5-9-12-11;1-3-12(4-2)10(13)9-6-5-7-11-8-9;1-7(2,3,4,5)6;/h5-9H,1-4H3;1-6,8-9H;5-8H,3-4H2,1-2H3;;/q2*-1;;-1;+3. The largest absolute Gasteiger partial charge is 3.00 e. The van der Waals surface area contributed by atoms with E-state index in [9.17, 15) is 30.0 Å². The Morgan fingerprint density at radius 2 is 1.29 bits per heavy atom. The smallest absolute Gasteiger partial charge is 0.305 e. The first-order valence-electron chi connectivity index (χ1n) is 14.8. The van der Waals surface area contributed by atoms with Crippen LogP contribution in [0.5, 0.6) is 0 Å². The predicted octanol–water partition coefficient (Wildman–Crippen LogP) is 11.8. The van der Waals surface area contributed by atoms with E-state index >= 15 is 0 Å². The van der Waals surface area contributed by atoms with Crippen LogP contribution in [0.2, 0.25) is 0 Å². The van der Waals surface area contributed by atoms with Crippen molar-refractivity contribution in [2.75, 3.05) is 13.1 Å². The van der Waals surface area contributed by atoms with Gasteiger partial charge in [0.2, 0.25) is 0 Å². The van der Waals surface area contributed by atoms with Gasteiger partial charge >= 0.3 is 53.1 Å². The second-order valence-corrected chi connectivity index (χ2v) is 12.3. The maximum atomic E-state index is 11.7. The summed E-state index contributed by atoms with van der Waals surface area (Å²) >= 11 is 0. The molecular formula is C36H39F6IrN3OP. The zero-order valence-corrected chi connectivity index (χ0v) is 30.8. The fraction of sp³-hybridized carbons (Fsp3) is 0.222. The normalized spacial score (nSPS) is 11.8. The number of hydrogen-bond donors (Lipinski definition) is 0. The first-order valence-corrected chi connectivity index (χ1v) is 16.8. The quantitative estimate of drug-likeness (QED) is 0.100. The van der Waals surface area contributed by atoms with Gasteiger partial charge in [0.15, 0.2) is 0 Å². The van der Waals surface area contributed by atoms with Crippen molar-refractivity contribution in [1.29, 1.82) is 0 Å². The molecule has 0 N–H and O–H groups in total. The number of halogens is 6.